The molecule has 0 aromatic heterocycles. The number of alkyl halides is 6. The molecule has 0 amide bonds. The van der Waals surface area contributed by atoms with Gasteiger partial charge in [-0.15, -0.1) is 0 Å². The van der Waals surface area contributed by atoms with Gasteiger partial charge in [-0.05, 0) is 43.3 Å². The van der Waals surface area contributed by atoms with E-state index in [-0.39, 0.29) is 22.0 Å². The van der Waals surface area contributed by atoms with Crippen LogP contribution in [0.1, 0.15) is 28.4 Å². The van der Waals surface area contributed by atoms with Gasteiger partial charge < -0.3 is 4.74 Å². The van der Waals surface area contributed by atoms with Gasteiger partial charge in [0, 0.05) is 0 Å². The van der Waals surface area contributed by atoms with Crippen LogP contribution in [-0.2, 0) is 28.0 Å². The number of ether oxygens (including phenoxy) is 1. The first-order valence-electron chi connectivity index (χ1n) is 9.38. The van der Waals surface area contributed by atoms with E-state index < -0.39 is 45.2 Å². The van der Waals surface area contributed by atoms with Gasteiger partial charge in [-0.2, -0.15) is 26.3 Å². The van der Waals surface area contributed by atoms with Gasteiger partial charge >= 0.3 is 18.3 Å². The molecule has 168 valence electrons. The molecule has 3 aromatic rings. The molecule has 0 aliphatic rings. The van der Waals surface area contributed by atoms with Crippen molar-refractivity contribution in [1.82, 2.24) is 0 Å². The third-order valence-corrected chi connectivity index (χ3v) is 6.80. The monoisotopic (exact) mass is 471 g/mol. The Bertz CT molecular complexity index is 1060. The standard InChI is InChI=1S/C23H17F6O2S/c1-2-31-21(30)16-11-6-7-14-19(16)32(15-9-4-3-5-10-15)20-17(22(24,25)26)12-8-13-18(20)23(27,28)29/h3-14H,2H2,1H3/q+1. The third kappa shape index (κ3) is 4.93. The second-order valence-corrected chi connectivity index (χ2v) is 8.45. The van der Waals surface area contributed by atoms with Crippen molar-refractivity contribution in [2.75, 3.05) is 6.61 Å². The van der Waals surface area contributed by atoms with Gasteiger partial charge in [0.2, 0.25) is 0 Å². The molecule has 0 saturated carbocycles. The average Bonchev–Trinajstić information content (AvgIpc) is 2.74. The predicted molar refractivity (Wildman–Crippen MR) is 107 cm³/mol. The van der Waals surface area contributed by atoms with E-state index >= 15 is 0 Å². The number of esters is 1. The van der Waals surface area contributed by atoms with Crippen molar-refractivity contribution >= 4 is 16.9 Å². The maximum absolute atomic E-state index is 13.9. The lowest BCUT2D eigenvalue weighted by Crippen LogP contribution is -2.22. The molecular weight excluding hydrogens is 454 g/mol. The second kappa shape index (κ2) is 9.28. The molecule has 1 atom stereocenters. The summed E-state index contributed by atoms with van der Waals surface area (Å²) in [4.78, 5) is 11.8. The highest BCUT2D eigenvalue weighted by atomic mass is 32.2. The summed E-state index contributed by atoms with van der Waals surface area (Å²) < 4.78 is 88.6. The van der Waals surface area contributed by atoms with Gasteiger partial charge in [0.05, 0.1) is 6.61 Å². The summed E-state index contributed by atoms with van der Waals surface area (Å²) in [6.07, 6.45) is -10.1. The van der Waals surface area contributed by atoms with Crippen LogP contribution in [0.3, 0.4) is 0 Å². The predicted octanol–water partition coefficient (Wildman–Crippen LogP) is 7.00. The Balaban J connectivity index is 2.44. The number of carbonyl (C=O) groups is 1. The molecule has 0 radical (unpaired) electrons. The molecule has 0 N–H and O–H groups in total. The van der Waals surface area contributed by atoms with E-state index in [9.17, 15) is 31.1 Å². The number of hydrogen-bond acceptors (Lipinski definition) is 2. The van der Waals surface area contributed by atoms with Gasteiger partial charge in [-0.1, -0.05) is 36.4 Å². The minimum Gasteiger partial charge on any atom is -0.462 e. The van der Waals surface area contributed by atoms with E-state index in [1.165, 1.54) is 48.5 Å². The normalized spacial score (nSPS) is 13.0. The largest absolute Gasteiger partial charge is 0.462 e. The molecular formula is C23H17F6O2S+. The Hall–Kier alpha value is -2.94. The molecule has 9 heteroatoms. The van der Waals surface area contributed by atoms with Crippen LogP contribution >= 0.6 is 0 Å². The van der Waals surface area contributed by atoms with Crippen LogP contribution in [0.2, 0.25) is 0 Å². The first kappa shape index (κ1) is 23.7. The van der Waals surface area contributed by atoms with Crippen LogP contribution in [0.4, 0.5) is 26.3 Å². The highest BCUT2D eigenvalue weighted by Gasteiger charge is 2.50. The first-order chi connectivity index (χ1) is 15.1. The highest BCUT2D eigenvalue weighted by molar-refractivity contribution is 7.97. The zero-order chi connectivity index (χ0) is 23.5. The third-order valence-electron chi connectivity index (χ3n) is 4.41. The zero-order valence-electron chi connectivity index (χ0n) is 16.6. The Kier molecular flexibility index (Phi) is 6.88. The van der Waals surface area contributed by atoms with Crippen molar-refractivity contribution in [2.24, 2.45) is 0 Å². The molecule has 0 spiro atoms. The van der Waals surface area contributed by atoms with E-state index in [0.717, 1.165) is 6.07 Å². The molecule has 3 aromatic carbocycles. The van der Waals surface area contributed by atoms with Crippen LogP contribution in [0.5, 0.6) is 0 Å². The lowest BCUT2D eigenvalue weighted by molar-refractivity contribution is -0.147. The van der Waals surface area contributed by atoms with Crippen LogP contribution < -0.4 is 0 Å². The molecule has 32 heavy (non-hydrogen) atoms. The van der Waals surface area contributed by atoms with Crippen LogP contribution in [0.15, 0.2) is 87.5 Å². The molecule has 0 bridgehead atoms. The van der Waals surface area contributed by atoms with Crippen molar-refractivity contribution in [3.05, 3.63) is 89.5 Å². The minimum absolute atomic E-state index is 0.000772. The maximum Gasteiger partial charge on any atom is 0.421 e. The minimum atomic E-state index is -5.05. The van der Waals surface area contributed by atoms with Gasteiger partial charge in [0.25, 0.3) is 0 Å². The van der Waals surface area contributed by atoms with Crippen molar-refractivity contribution in [1.29, 1.82) is 0 Å². The lowest BCUT2D eigenvalue weighted by atomic mass is 10.1. The fourth-order valence-corrected chi connectivity index (χ4v) is 5.67. The molecule has 0 aliphatic heterocycles. The Morgan fingerprint density at radius 2 is 1.31 bits per heavy atom. The summed E-state index contributed by atoms with van der Waals surface area (Å²) in [5, 5.41) is 0. The Labute approximate surface area is 183 Å². The fraction of sp³-hybridized carbons (Fsp3) is 0.174. The second-order valence-electron chi connectivity index (χ2n) is 6.51. The summed E-state index contributed by atoms with van der Waals surface area (Å²) in [6.45, 7) is 1.55. The molecule has 2 nitrogen and oxygen atoms in total. The average molecular weight is 471 g/mol. The number of carbonyl (C=O) groups excluding carboxylic acids is 1. The number of benzene rings is 3. The summed E-state index contributed by atoms with van der Waals surface area (Å²) in [7, 11) is -1.91. The van der Waals surface area contributed by atoms with E-state index in [1.54, 1.807) is 13.0 Å². The summed E-state index contributed by atoms with van der Waals surface area (Å²) in [5.74, 6) is -0.824. The SMILES string of the molecule is CCOC(=O)c1ccccc1[S+](c1ccccc1)c1c(C(F)(F)F)cccc1C(F)(F)F. The topological polar surface area (TPSA) is 26.3 Å². The quantitative estimate of drug-likeness (QED) is 0.228. The Morgan fingerprint density at radius 1 is 0.781 bits per heavy atom. The lowest BCUT2D eigenvalue weighted by Gasteiger charge is -2.19. The van der Waals surface area contributed by atoms with E-state index in [0.29, 0.717) is 12.1 Å². The molecule has 1 unspecified atom stereocenters. The van der Waals surface area contributed by atoms with Gasteiger partial charge in [-0.3, -0.25) is 0 Å². The Morgan fingerprint density at radius 3 is 1.84 bits per heavy atom. The van der Waals surface area contributed by atoms with Crippen molar-refractivity contribution in [3.63, 3.8) is 0 Å². The van der Waals surface area contributed by atoms with Crippen LogP contribution in [0, 0.1) is 0 Å². The number of rotatable bonds is 5. The zero-order valence-corrected chi connectivity index (χ0v) is 17.4. The highest BCUT2D eigenvalue weighted by Crippen LogP contribution is 2.46. The summed E-state index contributed by atoms with van der Waals surface area (Å²) in [6, 6.07) is 15.1. The molecule has 0 saturated heterocycles. The van der Waals surface area contributed by atoms with Gasteiger partial charge in [-0.25, -0.2) is 4.79 Å². The van der Waals surface area contributed by atoms with Crippen LogP contribution in [-0.4, -0.2) is 12.6 Å². The molecule has 0 heterocycles. The fourth-order valence-electron chi connectivity index (χ4n) is 3.14. The molecule has 0 fully saturated rings. The van der Waals surface area contributed by atoms with E-state index in [1.807, 2.05) is 0 Å². The number of hydrogen-bond donors (Lipinski definition) is 0. The van der Waals surface area contributed by atoms with Crippen LogP contribution in [0.25, 0.3) is 0 Å². The molecule has 0 aliphatic carbocycles. The smallest absolute Gasteiger partial charge is 0.421 e. The molecule has 3 rings (SSSR count). The van der Waals surface area contributed by atoms with Crippen molar-refractivity contribution in [3.8, 4) is 0 Å². The van der Waals surface area contributed by atoms with E-state index in [2.05, 4.69) is 0 Å². The van der Waals surface area contributed by atoms with Gasteiger partial charge in [0.1, 0.15) is 27.6 Å². The van der Waals surface area contributed by atoms with E-state index in [4.69, 9.17) is 4.74 Å². The van der Waals surface area contributed by atoms with Gasteiger partial charge in [0.15, 0.2) is 14.7 Å². The first-order valence-corrected chi connectivity index (χ1v) is 10.6. The number of halogens is 6. The van der Waals surface area contributed by atoms with Crippen molar-refractivity contribution < 1.29 is 35.9 Å². The van der Waals surface area contributed by atoms with Crippen molar-refractivity contribution in [2.45, 2.75) is 34.0 Å². The summed E-state index contributed by atoms with van der Waals surface area (Å²) >= 11 is 0. The summed E-state index contributed by atoms with van der Waals surface area (Å²) in [5.41, 5.74) is -2.90. The maximum atomic E-state index is 13.9.